The molecule has 7 heteroatoms. The number of benzene rings is 1. The molecule has 2 aromatic rings. The van der Waals surface area contributed by atoms with E-state index in [1.54, 1.807) is 12.1 Å². The minimum atomic E-state index is 0.354. The Bertz CT molecular complexity index is 488. The van der Waals surface area contributed by atoms with Gasteiger partial charge in [0.05, 0.1) is 17.4 Å². The number of rotatable bonds is 2. The lowest BCUT2D eigenvalue weighted by atomic mass is 10.3. The molecular weight excluding hydrogens is 321 g/mol. The van der Waals surface area contributed by atoms with Gasteiger partial charge in [0.25, 0.3) is 0 Å². The van der Waals surface area contributed by atoms with E-state index in [2.05, 4.69) is 30.0 Å². The molecule has 78 valence electrons. The van der Waals surface area contributed by atoms with Gasteiger partial charge in [0, 0.05) is 9.50 Å². The van der Waals surface area contributed by atoms with Crippen LogP contribution < -0.4 is 5.32 Å². The first-order valence-corrected chi connectivity index (χ1v) is 6.15. The van der Waals surface area contributed by atoms with Crippen LogP contribution in [-0.2, 0) is 0 Å². The van der Waals surface area contributed by atoms with E-state index >= 15 is 0 Å². The fourth-order valence-corrected chi connectivity index (χ4v) is 2.14. The molecule has 0 bridgehead atoms. The Balaban J connectivity index is 2.32. The van der Waals surface area contributed by atoms with Crippen LogP contribution in [0.2, 0.25) is 10.2 Å². The summed E-state index contributed by atoms with van der Waals surface area (Å²) < 4.78 is 8.74. The molecule has 0 atom stereocenters. The highest BCUT2D eigenvalue weighted by Gasteiger charge is 2.07. The highest BCUT2D eigenvalue weighted by molar-refractivity contribution is 9.10. The Labute approximate surface area is 109 Å². The van der Waals surface area contributed by atoms with Crippen molar-refractivity contribution >= 4 is 62.4 Å². The Morgan fingerprint density at radius 2 is 2.07 bits per heavy atom. The van der Waals surface area contributed by atoms with Gasteiger partial charge in [-0.05, 0) is 34.1 Å². The first-order valence-electron chi connectivity index (χ1n) is 3.87. The average molecular weight is 325 g/mol. The van der Waals surface area contributed by atoms with Gasteiger partial charge < -0.3 is 5.32 Å². The molecule has 2 rings (SSSR count). The Morgan fingerprint density at radius 1 is 1.27 bits per heavy atom. The van der Waals surface area contributed by atoms with Crippen LogP contribution in [0.5, 0.6) is 0 Å². The molecule has 0 amide bonds. The molecule has 0 saturated heterocycles. The summed E-state index contributed by atoms with van der Waals surface area (Å²) in [6, 6.07) is 5.41. The van der Waals surface area contributed by atoms with Crippen molar-refractivity contribution in [2.75, 3.05) is 5.32 Å². The number of halogens is 3. The van der Waals surface area contributed by atoms with Gasteiger partial charge in [-0.3, -0.25) is 0 Å². The van der Waals surface area contributed by atoms with Crippen LogP contribution >= 0.6 is 50.9 Å². The molecule has 1 heterocycles. The molecule has 3 nitrogen and oxygen atoms in total. The zero-order chi connectivity index (χ0) is 10.8. The normalized spacial score (nSPS) is 10.3. The van der Waals surface area contributed by atoms with Crippen molar-refractivity contribution in [1.29, 1.82) is 0 Å². The van der Waals surface area contributed by atoms with Gasteiger partial charge in [0.2, 0.25) is 0 Å². The van der Waals surface area contributed by atoms with Crippen molar-refractivity contribution in [2.24, 2.45) is 0 Å². The second kappa shape index (κ2) is 4.65. The Morgan fingerprint density at radius 3 is 2.73 bits per heavy atom. The zero-order valence-electron chi connectivity index (χ0n) is 7.17. The van der Waals surface area contributed by atoms with Crippen molar-refractivity contribution in [3.8, 4) is 0 Å². The quantitative estimate of drug-likeness (QED) is 0.892. The topological polar surface area (TPSA) is 37.8 Å². The number of aromatic nitrogens is 2. The summed E-state index contributed by atoms with van der Waals surface area (Å²) in [4.78, 5) is 0. The average Bonchev–Trinajstić information content (AvgIpc) is 2.58. The molecule has 0 aliphatic carbocycles. The molecular formula is C8H4BrCl2N3S. The van der Waals surface area contributed by atoms with Crippen molar-refractivity contribution in [3.05, 3.63) is 32.8 Å². The number of nitrogens with zero attached hydrogens (tertiary/aromatic N) is 2. The number of hydrogen-bond acceptors (Lipinski definition) is 4. The van der Waals surface area contributed by atoms with Crippen LogP contribution in [0.15, 0.2) is 22.7 Å². The van der Waals surface area contributed by atoms with E-state index in [1.807, 2.05) is 6.07 Å². The fourth-order valence-electron chi connectivity index (χ4n) is 0.973. The van der Waals surface area contributed by atoms with E-state index in [4.69, 9.17) is 23.2 Å². The largest absolute Gasteiger partial charge is 0.336 e. The first kappa shape index (κ1) is 11.1. The Hall–Kier alpha value is -0.360. The van der Waals surface area contributed by atoms with Gasteiger partial charge in [-0.1, -0.05) is 23.2 Å². The maximum absolute atomic E-state index is 5.87. The SMILES string of the molecule is Clc1ccc(Br)c(Nc2nsnc2Cl)c1. The smallest absolute Gasteiger partial charge is 0.187 e. The maximum atomic E-state index is 5.87. The summed E-state index contributed by atoms with van der Waals surface area (Å²) >= 11 is 16.1. The molecule has 1 aromatic heterocycles. The predicted molar refractivity (Wildman–Crippen MR) is 67.4 cm³/mol. The Kier molecular flexibility index (Phi) is 3.45. The minimum Gasteiger partial charge on any atom is -0.336 e. The predicted octanol–water partition coefficient (Wildman–Crippen LogP) is 4.35. The van der Waals surface area contributed by atoms with E-state index < -0.39 is 0 Å². The molecule has 1 N–H and O–H groups in total. The van der Waals surface area contributed by atoms with Crippen LogP contribution in [0, 0.1) is 0 Å². The zero-order valence-corrected chi connectivity index (χ0v) is 11.1. The van der Waals surface area contributed by atoms with E-state index in [0.717, 1.165) is 21.9 Å². The summed E-state index contributed by atoms with van der Waals surface area (Å²) in [5.74, 6) is 0.532. The third kappa shape index (κ3) is 2.60. The third-order valence-corrected chi connectivity index (χ3v) is 3.45. The summed E-state index contributed by atoms with van der Waals surface area (Å²) in [6.45, 7) is 0. The van der Waals surface area contributed by atoms with Crippen molar-refractivity contribution in [3.63, 3.8) is 0 Å². The molecule has 0 fully saturated rings. The van der Waals surface area contributed by atoms with E-state index in [1.165, 1.54) is 0 Å². The lowest BCUT2D eigenvalue weighted by molar-refractivity contribution is 1.44. The van der Waals surface area contributed by atoms with Crippen LogP contribution in [0.25, 0.3) is 0 Å². The maximum Gasteiger partial charge on any atom is 0.187 e. The molecule has 1 aromatic carbocycles. The van der Waals surface area contributed by atoms with Gasteiger partial charge in [0.15, 0.2) is 11.0 Å². The second-order valence-electron chi connectivity index (χ2n) is 2.65. The standard InChI is InChI=1S/C8H4BrCl2N3S/c9-5-2-1-4(10)3-6(5)12-8-7(11)13-15-14-8/h1-3H,(H,12,14). The molecule has 0 spiro atoms. The van der Waals surface area contributed by atoms with E-state index in [9.17, 15) is 0 Å². The van der Waals surface area contributed by atoms with Crippen molar-refractivity contribution in [2.45, 2.75) is 0 Å². The van der Waals surface area contributed by atoms with Crippen molar-refractivity contribution < 1.29 is 0 Å². The molecule has 0 aliphatic heterocycles. The highest BCUT2D eigenvalue weighted by atomic mass is 79.9. The van der Waals surface area contributed by atoms with Gasteiger partial charge in [-0.15, -0.1) is 0 Å². The van der Waals surface area contributed by atoms with Crippen molar-refractivity contribution in [1.82, 2.24) is 8.75 Å². The third-order valence-electron chi connectivity index (χ3n) is 1.63. The molecule has 0 aliphatic rings. The van der Waals surface area contributed by atoms with Crippen LogP contribution in [0.3, 0.4) is 0 Å². The van der Waals surface area contributed by atoms with E-state index in [-0.39, 0.29) is 0 Å². The molecule has 0 radical (unpaired) electrons. The summed E-state index contributed by atoms with van der Waals surface area (Å²) in [7, 11) is 0. The molecule has 15 heavy (non-hydrogen) atoms. The van der Waals surface area contributed by atoms with Crippen LogP contribution in [0.1, 0.15) is 0 Å². The van der Waals surface area contributed by atoms with Gasteiger partial charge >= 0.3 is 0 Å². The van der Waals surface area contributed by atoms with Gasteiger partial charge in [0.1, 0.15) is 0 Å². The van der Waals surface area contributed by atoms with Gasteiger partial charge in [-0.2, -0.15) is 8.75 Å². The van der Waals surface area contributed by atoms with Crippen LogP contribution in [0.4, 0.5) is 11.5 Å². The number of hydrogen-bond donors (Lipinski definition) is 1. The fraction of sp³-hybridized carbons (Fsp3) is 0. The summed E-state index contributed by atoms with van der Waals surface area (Å²) in [6.07, 6.45) is 0. The summed E-state index contributed by atoms with van der Waals surface area (Å²) in [5, 5.41) is 4.03. The second-order valence-corrected chi connectivity index (χ2v) is 4.83. The first-order chi connectivity index (χ1) is 7.16. The summed E-state index contributed by atoms with van der Waals surface area (Å²) in [5.41, 5.74) is 0.803. The lowest BCUT2D eigenvalue weighted by Crippen LogP contribution is -1.92. The lowest BCUT2D eigenvalue weighted by Gasteiger charge is -2.05. The highest BCUT2D eigenvalue weighted by Crippen LogP contribution is 2.30. The minimum absolute atomic E-state index is 0.354. The molecule has 0 saturated carbocycles. The van der Waals surface area contributed by atoms with E-state index in [0.29, 0.717) is 16.0 Å². The molecule has 0 unspecified atom stereocenters. The number of anilines is 2. The number of nitrogens with one attached hydrogen (secondary N) is 1. The monoisotopic (exact) mass is 323 g/mol. The van der Waals surface area contributed by atoms with Gasteiger partial charge in [-0.25, -0.2) is 0 Å². The van der Waals surface area contributed by atoms with Crippen LogP contribution in [-0.4, -0.2) is 8.75 Å².